The fourth-order valence-corrected chi connectivity index (χ4v) is 6.46. The van der Waals surface area contributed by atoms with E-state index in [-0.39, 0.29) is 18.0 Å². The normalized spacial score (nSPS) is 26.9. The first-order chi connectivity index (χ1) is 16.9. The zero-order chi connectivity index (χ0) is 24.5. The van der Waals surface area contributed by atoms with E-state index < -0.39 is 11.9 Å². The predicted octanol–water partition coefficient (Wildman–Crippen LogP) is 2.51. The SMILES string of the molecule is Cn1c(=O)n(C2CCC(=O)NC2=O)c2ccc(CCC3CCN([C@H]4CC[C@H](CO)CC4)CC3)cc21. The smallest absolute Gasteiger partial charge is 0.329 e. The van der Waals surface area contributed by atoms with Gasteiger partial charge in [0.15, 0.2) is 0 Å². The fourth-order valence-electron chi connectivity index (χ4n) is 6.46. The molecular weight excluding hydrogens is 444 g/mol. The molecule has 1 aliphatic carbocycles. The molecule has 0 spiro atoms. The van der Waals surface area contributed by atoms with Gasteiger partial charge in [-0.15, -0.1) is 0 Å². The molecule has 1 unspecified atom stereocenters. The molecular formula is C27H38N4O4. The molecule has 3 aliphatic rings. The topological polar surface area (TPSA) is 96.6 Å². The van der Waals surface area contributed by atoms with Gasteiger partial charge in [0.25, 0.3) is 0 Å². The molecule has 3 heterocycles. The Morgan fingerprint density at radius 2 is 1.69 bits per heavy atom. The number of fused-ring (bicyclic) bond motifs is 1. The third-order valence-electron chi connectivity index (χ3n) is 8.76. The summed E-state index contributed by atoms with van der Waals surface area (Å²) in [7, 11) is 1.75. The molecule has 3 fully saturated rings. The van der Waals surface area contributed by atoms with Crippen molar-refractivity contribution in [1.82, 2.24) is 19.4 Å². The molecule has 2 N–H and O–H groups in total. The standard InChI is InChI=1S/C27H38N4O4/c1-29-24-16-19(6-9-22(24)31(27(29)35)23-10-11-25(33)28-26(23)34)3-2-18-12-14-30(15-13-18)21-7-4-20(17-32)5-8-21/h6,9,16,18,20-21,23,32H,2-5,7-8,10-15,17H2,1H3,(H,28,33,34)/t20-,21-,23?. The summed E-state index contributed by atoms with van der Waals surface area (Å²) in [6.07, 6.45) is 10.0. The van der Waals surface area contributed by atoms with Crippen LogP contribution in [0.25, 0.3) is 11.0 Å². The molecule has 35 heavy (non-hydrogen) atoms. The maximum atomic E-state index is 13.0. The molecule has 0 radical (unpaired) electrons. The minimum atomic E-state index is -0.640. The maximum absolute atomic E-state index is 13.0. The number of hydrogen-bond donors (Lipinski definition) is 2. The molecule has 2 aromatic rings. The second-order valence-electron chi connectivity index (χ2n) is 10.9. The number of imidazole rings is 1. The first kappa shape index (κ1) is 24.3. The van der Waals surface area contributed by atoms with Crippen molar-refractivity contribution in [2.75, 3.05) is 19.7 Å². The van der Waals surface area contributed by atoms with Crippen LogP contribution in [0, 0.1) is 11.8 Å². The van der Waals surface area contributed by atoms with Crippen molar-refractivity contribution >= 4 is 22.8 Å². The lowest BCUT2D eigenvalue weighted by Crippen LogP contribution is -2.44. The zero-order valence-corrected chi connectivity index (χ0v) is 20.7. The van der Waals surface area contributed by atoms with Crippen LogP contribution < -0.4 is 11.0 Å². The highest BCUT2D eigenvalue weighted by Gasteiger charge is 2.31. The number of hydrogen-bond acceptors (Lipinski definition) is 5. The van der Waals surface area contributed by atoms with Crippen molar-refractivity contribution in [3.05, 3.63) is 34.2 Å². The van der Waals surface area contributed by atoms with Gasteiger partial charge in [-0.05, 0) is 100 Å². The Kier molecular flexibility index (Phi) is 7.12. The number of amides is 2. The zero-order valence-electron chi connectivity index (χ0n) is 20.7. The van der Waals surface area contributed by atoms with Gasteiger partial charge in [0.1, 0.15) is 6.04 Å². The van der Waals surface area contributed by atoms with Crippen LogP contribution in [0.5, 0.6) is 0 Å². The van der Waals surface area contributed by atoms with Gasteiger partial charge in [-0.2, -0.15) is 0 Å². The van der Waals surface area contributed by atoms with Crippen LogP contribution in [0.1, 0.15) is 69.4 Å². The van der Waals surface area contributed by atoms with E-state index in [0.29, 0.717) is 25.0 Å². The Morgan fingerprint density at radius 1 is 0.943 bits per heavy atom. The summed E-state index contributed by atoms with van der Waals surface area (Å²) in [5, 5.41) is 11.7. The molecule has 1 saturated carbocycles. The minimum absolute atomic E-state index is 0.216. The molecule has 2 amide bonds. The van der Waals surface area contributed by atoms with Gasteiger partial charge in [-0.1, -0.05) is 6.07 Å². The summed E-state index contributed by atoms with van der Waals surface area (Å²) in [6.45, 7) is 2.71. The Balaban J connectivity index is 1.20. The second kappa shape index (κ2) is 10.3. The number of piperidine rings is 2. The predicted molar refractivity (Wildman–Crippen MR) is 134 cm³/mol. The first-order valence-corrected chi connectivity index (χ1v) is 13.3. The monoisotopic (exact) mass is 482 g/mol. The number of carbonyl (C=O) groups is 2. The van der Waals surface area contributed by atoms with Crippen molar-refractivity contribution < 1.29 is 14.7 Å². The lowest BCUT2D eigenvalue weighted by molar-refractivity contribution is -0.135. The number of benzene rings is 1. The minimum Gasteiger partial charge on any atom is -0.396 e. The highest BCUT2D eigenvalue weighted by atomic mass is 16.3. The second-order valence-corrected chi connectivity index (χ2v) is 10.9. The van der Waals surface area contributed by atoms with Gasteiger partial charge >= 0.3 is 5.69 Å². The van der Waals surface area contributed by atoms with Crippen LogP contribution >= 0.6 is 0 Å². The van der Waals surface area contributed by atoms with E-state index in [4.69, 9.17) is 0 Å². The van der Waals surface area contributed by atoms with E-state index in [1.54, 1.807) is 16.2 Å². The third kappa shape index (κ3) is 4.96. The molecule has 190 valence electrons. The van der Waals surface area contributed by atoms with Crippen LogP contribution in [0.4, 0.5) is 0 Å². The van der Waals surface area contributed by atoms with Gasteiger partial charge in [-0.3, -0.25) is 24.0 Å². The van der Waals surface area contributed by atoms with Gasteiger partial charge < -0.3 is 10.0 Å². The highest BCUT2D eigenvalue weighted by Crippen LogP contribution is 2.31. The number of likely N-dealkylation sites (tertiary alicyclic amines) is 1. The molecule has 1 atom stereocenters. The van der Waals surface area contributed by atoms with Gasteiger partial charge in [-0.25, -0.2) is 4.79 Å². The quantitative estimate of drug-likeness (QED) is 0.617. The van der Waals surface area contributed by atoms with Crippen LogP contribution in [0.3, 0.4) is 0 Å². The number of aryl methyl sites for hydroxylation is 2. The summed E-state index contributed by atoms with van der Waals surface area (Å²) in [5.41, 5.74) is 2.59. The van der Waals surface area contributed by atoms with Gasteiger partial charge in [0, 0.05) is 26.1 Å². The van der Waals surface area contributed by atoms with Gasteiger partial charge in [0.2, 0.25) is 11.8 Å². The molecule has 8 heteroatoms. The summed E-state index contributed by atoms with van der Waals surface area (Å²) in [5.74, 6) is 0.573. The lowest BCUT2D eigenvalue weighted by Gasteiger charge is -2.40. The number of carbonyl (C=O) groups excluding carboxylic acids is 2. The maximum Gasteiger partial charge on any atom is 0.329 e. The van der Waals surface area contributed by atoms with E-state index in [1.807, 2.05) is 6.07 Å². The van der Waals surface area contributed by atoms with Crippen molar-refractivity contribution in [2.45, 2.75) is 76.3 Å². The number of aromatic nitrogens is 2. The molecule has 2 aliphatic heterocycles. The number of aliphatic hydroxyl groups is 1. The van der Waals surface area contributed by atoms with E-state index in [1.165, 1.54) is 44.3 Å². The Labute approximate surface area is 206 Å². The van der Waals surface area contributed by atoms with Crippen molar-refractivity contribution in [3.8, 4) is 0 Å². The van der Waals surface area contributed by atoms with Crippen LogP contribution in [-0.2, 0) is 23.1 Å². The summed E-state index contributed by atoms with van der Waals surface area (Å²) < 4.78 is 3.16. The van der Waals surface area contributed by atoms with Crippen LogP contribution in [0.2, 0.25) is 0 Å². The highest BCUT2D eigenvalue weighted by molar-refractivity contribution is 6.00. The average molecular weight is 483 g/mol. The van der Waals surface area contributed by atoms with Crippen molar-refractivity contribution in [1.29, 1.82) is 0 Å². The summed E-state index contributed by atoms with van der Waals surface area (Å²) in [6, 6.07) is 6.20. The van der Waals surface area contributed by atoms with Crippen LogP contribution in [-0.4, -0.2) is 56.7 Å². The lowest BCUT2D eigenvalue weighted by atomic mass is 9.84. The number of aliphatic hydroxyl groups excluding tert-OH is 1. The van der Waals surface area contributed by atoms with Crippen LogP contribution in [0.15, 0.2) is 23.0 Å². The van der Waals surface area contributed by atoms with E-state index >= 15 is 0 Å². The number of nitrogens with one attached hydrogen (secondary N) is 1. The first-order valence-electron chi connectivity index (χ1n) is 13.3. The largest absolute Gasteiger partial charge is 0.396 e. The Morgan fingerprint density at radius 3 is 2.37 bits per heavy atom. The van der Waals surface area contributed by atoms with E-state index in [9.17, 15) is 19.5 Å². The Bertz CT molecular complexity index is 1140. The van der Waals surface area contributed by atoms with Gasteiger partial charge in [0.05, 0.1) is 11.0 Å². The molecule has 1 aromatic heterocycles. The summed E-state index contributed by atoms with van der Waals surface area (Å²) >= 11 is 0. The molecule has 8 nitrogen and oxygen atoms in total. The molecule has 1 aromatic carbocycles. The summed E-state index contributed by atoms with van der Waals surface area (Å²) in [4.78, 5) is 39.6. The Hall–Kier alpha value is -2.45. The molecule has 2 saturated heterocycles. The molecule has 5 rings (SSSR count). The number of nitrogens with zero attached hydrogens (tertiary/aromatic N) is 3. The van der Waals surface area contributed by atoms with E-state index in [0.717, 1.165) is 42.6 Å². The molecule has 0 bridgehead atoms. The van der Waals surface area contributed by atoms with Crippen molar-refractivity contribution in [2.24, 2.45) is 18.9 Å². The fraction of sp³-hybridized carbons (Fsp3) is 0.667. The van der Waals surface area contributed by atoms with E-state index in [2.05, 4.69) is 22.3 Å². The van der Waals surface area contributed by atoms with Crippen molar-refractivity contribution in [3.63, 3.8) is 0 Å². The number of rotatable bonds is 6. The average Bonchev–Trinajstić information content (AvgIpc) is 3.12. The third-order valence-corrected chi connectivity index (χ3v) is 8.76. The number of imide groups is 1.